The lowest BCUT2D eigenvalue weighted by atomic mass is 9.70. The Morgan fingerprint density at radius 1 is 1.10 bits per heavy atom. The van der Waals surface area contributed by atoms with Crippen molar-refractivity contribution in [2.75, 3.05) is 13.7 Å². The number of carbonyl (C=O) groups is 2. The van der Waals surface area contributed by atoms with Crippen molar-refractivity contribution in [1.82, 2.24) is 0 Å². The van der Waals surface area contributed by atoms with Gasteiger partial charge in [-0.15, -0.1) is 0 Å². The first-order valence-electron chi connectivity index (χ1n) is 14.4. The van der Waals surface area contributed by atoms with Crippen molar-refractivity contribution in [2.45, 2.75) is 89.1 Å². The third-order valence-electron chi connectivity index (χ3n) is 8.65. The Hall–Kier alpha value is -2.01. The normalized spacial score (nSPS) is 24.1. The summed E-state index contributed by atoms with van der Waals surface area (Å²) >= 11 is 1.97. The van der Waals surface area contributed by atoms with Crippen LogP contribution in [0.25, 0.3) is 0 Å². The molecule has 0 spiro atoms. The number of hydrogen-bond donors (Lipinski definition) is 1. The molecule has 2 aliphatic rings. The Labute approximate surface area is 251 Å². The first kappa shape index (κ1) is 30.9. The molecular weight excluding hydrogens is 623 g/mol. The van der Waals surface area contributed by atoms with Crippen LogP contribution < -0.4 is 4.74 Å². The van der Waals surface area contributed by atoms with Gasteiger partial charge in [-0.1, -0.05) is 68.7 Å². The van der Waals surface area contributed by atoms with Gasteiger partial charge in [0.25, 0.3) is 5.78 Å². The van der Waals surface area contributed by atoms with E-state index in [0.29, 0.717) is 18.6 Å². The minimum Gasteiger partial charge on any atom is -0.485 e. The standard InChI is InChI=1S/C32H41IO7/c1-3-4-6-13-25(37-2)15-16-27-30(40-33)18-24-17-26-23(19-32(24,27)36)12-9-14-29(26)38-21-28(34)31(35)39-20-22-10-7-5-8-11-22/h5,7-12,14,24-25,27,30,36H,3-4,6,13,15-21H2,1-2H3/t24-,25-,27-,30+,32+/m0/s1. The quantitative estimate of drug-likeness (QED) is 0.109. The number of methoxy groups -OCH3 is 1. The molecule has 1 fully saturated rings. The molecule has 40 heavy (non-hydrogen) atoms. The molecule has 2 aromatic carbocycles. The molecule has 7 nitrogen and oxygen atoms in total. The van der Waals surface area contributed by atoms with Gasteiger partial charge in [-0.05, 0) is 60.8 Å². The summed E-state index contributed by atoms with van der Waals surface area (Å²) in [6, 6.07) is 14.9. The molecule has 8 heteroatoms. The molecule has 0 bridgehead atoms. The molecule has 0 radical (unpaired) electrons. The van der Waals surface area contributed by atoms with Crippen LogP contribution in [-0.4, -0.2) is 48.4 Å². The number of ketones is 1. The monoisotopic (exact) mass is 664 g/mol. The Balaban J connectivity index is 1.38. The second kappa shape index (κ2) is 14.8. The van der Waals surface area contributed by atoms with Crippen molar-refractivity contribution in [3.8, 4) is 5.75 Å². The van der Waals surface area contributed by atoms with E-state index < -0.39 is 24.0 Å². The SMILES string of the molecule is CCCCC[C@@H](CC[C@H]1[C@H](OI)C[C@@H]2Cc3c(cccc3OCC(=O)C(=O)OCc3ccccc3)C[C@@]21O)OC. The van der Waals surface area contributed by atoms with Gasteiger partial charge >= 0.3 is 5.97 Å². The van der Waals surface area contributed by atoms with Crippen LogP contribution in [0, 0.1) is 11.8 Å². The van der Waals surface area contributed by atoms with Gasteiger partial charge in [0.15, 0.2) is 6.61 Å². The highest BCUT2D eigenvalue weighted by Gasteiger charge is 2.56. The van der Waals surface area contributed by atoms with Gasteiger partial charge in [-0.3, -0.25) is 4.79 Å². The molecule has 2 aliphatic carbocycles. The highest BCUT2D eigenvalue weighted by Crippen LogP contribution is 2.52. The molecule has 1 N–H and O–H groups in total. The first-order chi connectivity index (χ1) is 19.4. The molecular formula is C32H41IO7. The third-order valence-corrected chi connectivity index (χ3v) is 9.30. The van der Waals surface area contributed by atoms with E-state index in [2.05, 4.69) is 6.92 Å². The molecule has 1 saturated carbocycles. The minimum absolute atomic E-state index is 0.0110. The molecule has 2 aromatic rings. The van der Waals surface area contributed by atoms with Gasteiger partial charge in [-0.2, -0.15) is 0 Å². The lowest BCUT2D eigenvalue weighted by molar-refractivity contribution is -0.155. The fourth-order valence-electron chi connectivity index (χ4n) is 6.41. The van der Waals surface area contributed by atoms with E-state index in [9.17, 15) is 14.7 Å². The van der Waals surface area contributed by atoms with Gasteiger partial charge in [-0.25, -0.2) is 4.79 Å². The number of esters is 1. The third kappa shape index (κ3) is 7.43. The molecule has 0 aromatic heterocycles. The van der Waals surface area contributed by atoms with Crippen molar-refractivity contribution in [2.24, 2.45) is 11.8 Å². The summed E-state index contributed by atoms with van der Waals surface area (Å²) in [5, 5.41) is 12.1. The zero-order chi connectivity index (χ0) is 28.5. The fraction of sp³-hybridized carbons (Fsp3) is 0.562. The Morgan fingerprint density at radius 3 is 2.62 bits per heavy atom. The summed E-state index contributed by atoms with van der Waals surface area (Å²) in [6.07, 6.45) is 8.37. The lowest BCUT2D eigenvalue weighted by Crippen LogP contribution is -2.47. The molecule has 0 amide bonds. The van der Waals surface area contributed by atoms with Crippen LogP contribution in [0.3, 0.4) is 0 Å². The van der Waals surface area contributed by atoms with Crippen molar-refractivity contribution < 1.29 is 32.0 Å². The molecule has 0 saturated heterocycles. The Kier molecular flexibility index (Phi) is 11.4. The van der Waals surface area contributed by atoms with Crippen LogP contribution in [0.2, 0.25) is 0 Å². The van der Waals surface area contributed by atoms with E-state index >= 15 is 0 Å². The lowest BCUT2D eigenvalue weighted by Gasteiger charge is -2.41. The number of aliphatic hydroxyl groups is 1. The summed E-state index contributed by atoms with van der Waals surface area (Å²) in [7, 11) is 1.78. The van der Waals surface area contributed by atoms with Crippen LogP contribution in [-0.2, 0) is 41.6 Å². The van der Waals surface area contributed by atoms with E-state index in [1.165, 1.54) is 12.8 Å². The van der Waals surface area contributed by atoms with Crippen molar-refractivity contribution in [3.63, 3.8) is 0 Å². The fourth-order valence-corrected chi connectivity index (χ4v) is 6.97. The number of benzene rings is 2. The molecule has 218 valence electrons. The van der Waals surface area contributed by atoms with E-state index in [0.717, 1.165) is 48.8 Å². The largest absolute Gasteiger partial charge is 0.485 e. The number of Topliss-reactive ketones (excluding diaryl/α,β-unsaturated/α-hetero) is 1. The van der Waals surface area contributed by atoms with Gasteiger partial charge in [0, 0.05) is 19.4 Å². The summed E-state index contributed by atoms with van der Waals surface area (Å²) < 4.78 is 22.6. The Bertz CT molecular complexity index is 1120. The van der Waals surface area contributed by atoms with E-state index in [4.69, 9.17) is 17.3 Å². The van der Waals surface area contributed by atoms with Crippen LogP contribution in [0.15, 0.2) is 48.5 Å². The zero-order valence-electron chi connectivity index (χ0n) is 23.5. The predicted octanol–water partition coefficient (Wildman–Crippen LogP) is 5.95. The number of carbonyl (C=O) groups excluding carboxylic acids is 2. The molecule has 0 heterocycles. The maximum atomic E-state index is 12.4. The molecule has 4 rings (SSSR count). The summed E-state index contributed by atoms with van der Waals surface area (Å²) in [5.74, 6) is -1.03. The number of hydrogen-bond acceptors (Lipinski definition) is 7. The highest BCUT2D eigenvalue weighted by atomic mass is 127. The van der Waals surface area contributed by atoms with Crippen LogP contribution in [0.5, 0.6) is 5.75 Å². The maximum Gasteiger partial charge on any atom is 0.378 e. The summed E-state index contributed by atoms with van der Waals surface area (Å²) in [4.78, 5) is 24.7. The molecule has 0 aliphatic heterocycles. The van der Waals surface area contributed by atoms with E-state index in [1.54, 1.807) is 7.11 Å². The first-order valence-corrected chi connectivity index (χ1v) is 15.3. The second-order valence-corrected chi connectivity index (χ2v) is 11.6. The number of fused-ring (bicyclic) bond motifs is 2. The molecule has 5 atom stereocenters. The number of unbranched alkanes of at least 4 members (excludes halogenated alkanes) is 2. The summed E-state index contributed by atoms with van der Waals surface area (Å²) in [6.45, 7) is 1.85. The van der Waals surface area contributed by atoms with Crippen LogP contribution >= 0.6 is 23.0 Å². The molecule has 0 unspecified atom stereocenters. The maximum absolute atomic E-state index is 12.4. The average molecular weight is 665 g/mol. The van der Waals surface area contributed by atoms with Crippen molar-refractivity contribution in [3.05, 3.63) is 65.2 Å². The van der Waals surface area contributed by atoms with E-state index in [1.807, 2.05) is 71.5 Å². The van der Waals surface area contributed by atoms with Gasteiger partial charge in [0.2, 0.25) is 0 Å². The number of rotatable bonds is 15. The predicted molar refractivity (Wildman–Crippen MR) is 160 cm³/mol. The topological polar surface area (TPSA) is 91.3 Å². The zero-order valence-corrected chi connectivity index (χ0v) is 25.6. The summed E-state index contributed by atoms with van der Waals surface area (Å²) in [5.41, 5.74) is 1.94. The second-order valence-electron chi connectivity index (χ2n) is 11.1. The van der Waals surface area contributed by atoms with E-state index in [-0.39, 0.29) is 30.7 Å². The smallest absolute Gasteiger partial charge is 0.378 e. The van der Waals surface area contributed by atoms with Crippen LogP contribution in [0.4, 0.5) is 0 Å². The van der Waals surface area contributed by atoms with Gasteiger partial charge in [0.1, 0.15) is 35.4 Å². The van der Waals surface area contributed by atoms with Gasteiger partial charge in [0.05, 0.1) is 17.8 Å². The van der Waals surface area contributed by atoms with Crippen molar-refractivity contribution >= 4 is 34.8 Å². The number of ether oxygens (including phenoxy) is 3. The highest BCUT2D eigenvalue weighted by molar-refractivity contribution is 14.1. The van der Waals surface area contributed by atoms with Gasteiger partial charge < -0.3 is 22.4 Å². The number of halogens is 1. The van der Waals surface area contributed by atoms with Crippen LogP contribution in [0.1, 0.15) is 68.6 Å². The minimum atomic E-state index is -0.909. The Morgan fingerprint density at radius 2 is 1.90 bits per heavy atom. The average Bonchev–Trinajstić information content (AvgIpc) is 3.25. The van der Waals surface area contributed by atoms with Crippen molar-refractivity contribution in [1.29, 1.82) is 0 Å².